The summed E-state index contributed by atoms with van der Waals surface area (Å²) in [6.45, 7) is 5.35. The molecule has 1 amide bonds. The summed E-state index contributed by atoms with van der Waals surface area (Å²) in [6.07, 6.45) is -0.625. The molecule has 5 rings (SSSR count). The van der Waals surface area contributed by atoms with Gasteiger partial charge in [0, 0.05) is 31.9 Å². The lowest BCUT2D eigenvalue weighted by atomic mass is 10.2. The van der Waals surface area contributed by atoms with Gasteiger partial charge in [-0.05, 0) is 31.2 Å². The number of fused-ring (bicyclic) bond motifs is 1. The van der Waals surface area contributed by atoms with Crippen molar-refractivity contribution >= 4 is 23.5 Å². The third-order valence-electron chi connectivity index (χ3n) is 5.84. The van der Waals surface area contributed by atoms with Gasteiger partial charge < -0.3 is 25.4 Å². The highest BCUT2D eigenvalue weighted by Gasteiger charge is 2.32. The molecule has 176 valence electrons. The Morgan fingerprint density at radius 3 is 2.53 bits per heavy atom. The minimum absolute atomic E-state index is 0.0526. The molecular weight excluding hydrogens is 434 g/mol. The van der Waals surface area contributed by atoms with Crippen molar-refractivity contribution in [2.24, 2.45) is 0 Å². The number of ether oxygens (including phenoxy) is 2. The number of para-hydroxylation sites is 2. The monoisotopic (exact) mass is 461 g/mol. The van der Waals surface area contributed by atoms with Crippen LogP contribution in [0.5, 0.6) is 11.5 Å². The predicted molar refractivity (Wildman–Crippen MR) is 127 cm³/mol. The van der Waals surface area contributed by atoms with Crippen molar-refractivity contribution in [1.82, 2.24) is 24.8 Å². The first-order valence-electron chi connectivity index (χ1n) is 11.3. The van der Waals surface area contributed by atoms with E-state index in [1.807, 2.05) is 60.4 Å². The molecule has 0 bridgehead atoms. The normalized spacial score (nSPS) is 17.9. The van der Waals surface area contributed by atoms with E-state index in [0.717, 1.165) is 5.69 Å². The molecule has 0 spiro atoms. The smallest absolute Gasteiger partial charge is 0.267 e. The fraction of sp³-hybridized carbons (Fsp3) is 0.333. The summed E-state index contributed by atoms with van der Waals surface area (Å²) >= 11 is 0. The summed E-state index contributed by atoms with van der Waals surface area (Å²) in [7, 11) is 0. The van der Waals surface area contributed by atoms with Gasteiger partial charge in [-0.3, -0.25) is 9.69 Å². The van der Waals surface area contributed by atoms with Gasteiger partial charge >= 0.3 is 0 Å². The Kier molecular flexibility index (Phi) is 6.13. The number of carbonyl (C=O) groups excluding carboxylic acids is 1. The number of aryl methyl sites for hydroxylation is 1. The zero-order chi connectivity index (χ0) is 23.5. The van der Waals surface area contributed by atoms with Crippen molar-refractivity contribution in [1.29, 1.82) is 0 Å². The highest BCUT2D eigenvalue weighted by Crippen LogP contribution is 2.31. The van der Waals surface area contributed by atoms with Crippen molar-refractivity contribution in [2.75, 3.05) is 43.8 Å². The Bertz CT molecular complexity index is 1160. The maximum atomic E-state index is 13.0. The number of hydrogen-bond donors (Lipinski definition) is 2. The van der Waals surface area contributed by atoms with E-state index >= 15 is 0 Å². The molecule has 1 fully saturated rings. The van der Waals surface area contributed by atoms with E-state index in [9.17, 15) is 4.79 Å². The number of hydrogen-bond acceptors (Lipinski definition) is 9. The molecule has 2 aromatic carbocycles. The maximum Gasteiger partial charge on any atom is 0.267 e. The maximum absolute atomic E-state index is 13.0. The van der Waals surface area contributed by atoms with Gasteiger partial charge in [0.05, 0.1) is 6.54 Å². The number of carbonyl (C=O) groups is 1. The summed E-state index contributed by atoms with van der Waals surface area (Å²) in [5.41, 5.74) is 7.97. The zero-order valence-corrected chi connectivity index (χ0v) is 19.0. The third kappa shape index (κ3) is 5.01. The second-order valence-corrected chi connectivity index (χ2v) is 8.39. The first kappa shape index (κ1) is 21.9. The Morgan fingerprint density at radius 2 is 1.76 bits per heavy atom. The number of aromatic nitrogens is 3. The van der Waals surface area contributed by atoms with Crippen LogP contribution in [0.25, 0.3) is 0 Å². The largest absolute Gasteiger partial charge is 0.485 e. The number of anilines is 3. The number of amides is 1. The van der Waals surface area contributed by atoms with E-state index in [-0.39, 0.29) is 18.5 Å². The molecule has 1 aromatic heterocycles. The average Bonchev–Trinajstić information content (AvgIpc) is 2.85. The number of nitrogens with zero attached hydrogens (tertiary/aromatic N) is 5. The van der Waals surface area contributed by atoms with E-state index in [4.69, 9.17) is 15.2 Å². The van der Waals surface area contributed by atoms with Gasteiger partial charge in [0.1, 0.15) is 12.4 Å². The van der Waals surface area contributed by atoms with Crippen molar-refractivity contribution in [2.45, 2.75) is 19.6 Å². The average molecular weight is 462 g/mol. The van der Waals surface area contributed by atoms with Crippen LogP contribution in [0, 0.1) is 6.92 Å². The number of nitrogen functional groups attached to an aromatic ring is 1. The van der Waals surface area contributed by atoms with Crippen LogP contribution >= 0.6 is 0 Å². The van der Waals surface area contributed by atoms with Gasteiger partial charge in [-0.1, -0.05) is 29.8 Å². The molecule has 10 heteroatoms. The minimum atomic E-state index is -0.625. The molecule has 3 aromatic rings. The molecule has 3 heterocycles. The lowest BCUT2D eigenvalue weighted by Crippen LogP contribution is -2.53. The number of nitrogens with two attached hydrogens (primary N) is 1. The fourth-order valence-electron chi connectivity index (χ4n) is 4.00. The minimum Gasteiger partial charge on any atom is -0.485 e. The number of piperazine rings is 1. The van der Waals surface area contributed by atoms with Crippen LogP contribution in [0.15, 0.2) is 48.5 Å². The van der Waals surface area contributed by atoms with Crippen LogP contribution in [0.3, 0.4) is 0 Å². The summed E-state index contributed by atoms with van der Waals surface area (Å²) in [6, 6.07) is 15.3. The number of nitrogens with one attached hydrogen (secondary N) is 1. The molecule has 0 saturated carbocycles. The van der Waals surface area contributed by atoms with E-state index in [1.165, 1.54) is 5.56 Å². The highest BCUT2D eigenvalue weighted by atomic mass is 16.6. The first-order chi connectivity index (χ1) is 16.5. The van der Waals surface area contributed by atoms with Crippen LogP contribution < -0.4 is 20.5 Å². The Labute approximate surface area is 197 Å². The van der Waals surface area contributed by atoms with Crippen molar-refractivity contribution in [3.8, 4) is 11.5 Å². The van der Waals surface area contributed by atoms with Crippen LogP contribution in [0.2, 0.25) is 0 Å². The molecule has 1 atom stereocenters. The van der Waals surface area contributed by atoms with Crippen molar-refractivity contribution < 1.29 is 14.3 Å². The van der Waals surface area contributed by atoms with Gasteiger partial charge in [0.15, 0.2) is 11.5 Å². The van der Waals surface area contributed by atoms with Crippen molar-refractivity contribution in [3.63, 3.8) is 0 Å². The van der Waals surface area contributed by atoms with Gasteiger partial charge in [-0.15, -0.1) is 0 Å². The van der Waals surface area contributed by atoms with Crippen LogP contribution in [-0.4, -0.2) is 69.5 Å². The second kappa shape index (κ2) is 9.52. The molecule has 2 aliphatic heterocycles. The molecule has 0 unspecified atom stereocenters. The van der Waals surface area contributed by atoms with Gasteiger partial charge in [-0.2, -0.15) is 15.0 Å². The SMILES string of the molecule is Cc1ccc(Nc2nc(N)nc(CN3CCN(C(=O)[C@@H]4COc5ccccc5O4)CC3)n2)cc1. The Balaban J connectivity index is 1.16. The van der Waals surface area contributed by atoms with Crippen LogP contribution in [0.1, 0.15) is 11.4 Å². The number of benzene rings is 2. The van der Waals surface area contributed by atoms with Crippen LogP contribution in [0.4, 0.5) is 17.6 Å². The van der Waals surface area contributed by atoms with Crippen molar-refractivity contribution in [3.05, 3.63) is 59.9 Å². The lowest BCUT2D eigenvalue weighted by molar-refractivity contribution is -0.143. The Morgan fingerprint density at radius 1 is 1.03 bits per heavy atom. The van der Waals surface area contributed by atoms with Gasteiger partial charge in [0.25, 0.3) is 5.91 Å². The standard InChI is InChI=1S/C24H27N7O3/c1-16-6-8-17(9-7-16)26-24-28-21(27-23(25)29-24)14-30-10-12-31(13-11-30)22(32)20-15-33-18-4-2-3-5-19(18)34-20/h2-9,20H,10-15H2,1H3,(H3,25,26,27,28,29)/t20-/m0/s1. The summed E-state index contributed by atoms with van der Waals surface area (Å²) in [5, 5.41) is 3.18. The fourth-order valence-corrected chi connectivity index (χ4v) is 4.00. The Hall–Kier alpha value is -3.92. The molecule has 3 N–H and O–H groups in total. The third-order valence-corrected chi connectivity index (χ3v) is 5.84. The zero-order valence-electron chi connectivity index (χ0n) is 19.0. The molecule has 0 aliphatic carbocycles. The molecule has 1 saturated heterocycles. The summed E-state index contributed by atoms with van der Waals surface area (Å²) < 4.78 is 11.6. The predicted octanol–water partition coefficient (Wildman–Crippen LogP) is 1.99. The molecule has 0 radical (unpaired) electrons. The lowest BCUT2D eigenvalue weighted by Gasteiger charge is -2.36. The van der Waals surface area contributed by atoms with E-state index in [2.05, 4.69) is 25.2 Å². The van der Waals surface area contributed by atoms with Gasteiger partial charge in [0.2, 0.25) is 18.0 Å². The second-order valence-electron chi connectivity index (χ2n) is 8.39. The quantitative estimate of drug-likeness (QED) is 0.588. The molecule has 2 aliphatic rings. The first-order valence-corrected chi connectivity index (χ1v) is 11.3. The van der Waals surface area contributed by atoms with Crippen LogP contribution in [-0.2, 0) is 11.3 Å². The highest BCUT2D eigenvalue weighted by molar-refractivity contribution is 5.82. The molecular formula is C24H27N7O3. The number of rotatable bonds is 5. The molecule has 10 nitrogen and oxygen atoms in total. The van der Waals surface area contributed by atoms with E-state index in [1.54, 1.807) is 0 Å². The van der Waals surface area contributed by atoms with E-state index in [0.29, 0.717) is 56.0 Å². The molecule has 34 heavy (non-hydrogen) atoms. The van der Waals surface area contributed by atoms with Gasteiger partial charge in [-0.25, -0.2) is 0 Å². The van der Waals surface area contributed by atoms with E-state index < -0.39 is 6.10 Å². The topological polar surface area (TPSA) is 119 Å². The summed E-state index contributed by atoms with van der Waals surface area (Å²) in [4.78, 5) is 30.0. The summed E-state index contributed by atoms with van der Waals surface area (Å²) in [5.74, 6) is 2.39.